The van der Waals surface area contributed by atoms with Crippen molar-refractivity contribution in [1.82, 2.24) is 24.6 Å². The van der Waals surface area contributed by atoms with Gasteiger partial charge in [-0.25, -0.2) is 19.3 Å². The van der Waals surface area contributed by atoms with E-state index in [-0.39, 0.29) is 24.0 Å². The summed E-state index contributed by atoms with van der Waals surface area (Å²) >= 11 is 6.30. The summed E-state index contributed by atoms with van der Waals surface area (Å²) in [6.07, 6.45) is 2.30. The molecule has 190 valence electrons. The number of ether oxygens (including phenoxy) is 2. The number of rotatable bonds is 5. The fourth-order valence-electron chi connectivity index (χ4n) is 4.37. The minimum absolute atomic E-state index is 0.0566. The molecular formula is C26H25ClN6O4. The molecular weight excluding hydrogens is 496 g/mol. The Bertz CT molecular complexity index is 1400. The maximum atomic E-state index is 12.5. The molecule has 0 unspecified atom stereocenters. The van der Waals surface area contributed by atoms with E-state index in [2.05, 4.69) is 25.1 Å². The maximum Gasteiger partial charge on any atom is 0.411 e. The number of hydrogen-bond acceptors (Lipinski definition) is 7. The van der Waals surface area contributed by atoms with Crippen LogP contribution in [0, 0.1) is 0 Å². The molecule has 0 bridgehead atoms. The van der Waals surface area contributed by atoms with Gasteiger partial charge in [0.1, 0.15) is 6.61 Å². The highest BCUT2D eigenvalue weighted by atomic mass is 35.5. The Morgan fingerprint density at radius 1 is 1.05 bits per heavy atom. The van der Waals surface area contributed by atoms with Crippen LogP contribution >= 0.6 is 11.6 Å². The molecule has 4 aromatic rings. The van der Waals surface area contributed by atoms with Gasteiger partial charge in [0, 0.05) is 24.3 Å². The highest BCUT2D eigenvalue weighted by molar-refractivity contribution is 6.28. The van der Waals surface area contributed by atoms with E-state index >= 15 is 0 Å². The fraction of sp³-hybridized carbons (Fsp3) is 0.269. The van der Waals surface area contributed by atoms with E-state index < -0.39 is 6.09 Å². The SMILES string of the molecule is COC(=O)Nc1ccc(-c2nc(Cl)nc3c2cnn3C2CCN(C(=O)OCc3ccccc3)CC2)cc1. The molecule has 0 spiro atoms. The summed E-state index contributed by atoms with van der Waals surface area (Å²) in [6, 6.07) is 16.9. The summed E-state index contributed by atoms with van der Waals surface area (Å²) in [6.45, 7) is 1.36. The number of hydrogen-bond donors (Lipinski definition) is 1. The van der Waals surface area contributed by atoms with Crippen LogP contribution in [0.2, 0.25) is 5.28 Å². The van der Waals surface area contributed by atoms with E-state index in [1.54, 1.807) is 23.2 Å². The third kappa shape index (κ3) is 5.49. The summed E-state index contributed by atoms with van der Waals surface area (Å²) < 4.78 is 12.0. The van der Waals surface area contributed by atoms with Crippen LogP contribution in [0.15, 0.2) is 60.8 Å². The predicted molar refractivity (Wildman–Crippen MR) is 138 cm³/mol. The third-order valence-electron chi connectivity index (χ3n) is 6.29. The zero-order valence-corrected chi connectivity index (χ0v) is 20.9. The van der Waals surface area contributed by atoms with Crippen molar-refractivity contribution in [3.63, 3.8) is 0 Å². The Balaban J connectivity index is 1.28. The smallest absolute Gasteiger partial charge is 0.411 e. The quantitative estimate of drug-likeness (QED) is 0.355. The van der Waals surface area contributed by atoms with Crippen LogP contribution in [-0.4, -0.2) is 57.0 Å². The summed E-state index contributed by atoms with van der Waals surface area (Å²) in [5, 5.41) is 8.11. The van der Waals surface area contributed by atoms with Gasteiger partial charge >= 0.3 is 12.2 Å². The Kier molecular flexibility index (Phi) is 7.18. The van der Waals surface area contributed by atoms with Crippen LogP contribution < -0.4 is 5.32 Å². The van der Waals surface area contributed by atoms with Crippen LogP contribution in [0.1, 0.15) is 24.4 Å². The van der Waals surface area contributed by atoms with Crippen LogP contribution in [-0.2, 0) is 16.1 Å². The van der Waals surface area contributed by atoms with E-state index in [0.717, 1.165) is 16.5 Å². The highest BCUT2D eigenvalue weighted by Gasteiger charge is 2.27. The van der Waals surface area contributed by atoms with Crippen LogP contribution in [0.3, 0.4) is 0 Å². The standard InChI is InChI=1S/C26H25ClN6O4/c1-36-25(34)29-19-9-7-18(8-10-19)22-21-15-28-33(23(21)31-24(27)30-22)20-11-13-32(14-12-20)26(35)37-16-17-5-3-2-4-6-17/h2-10,15,20H,11-14,16H2,1H3,(H,29,34). The monoisotopic (exact) mass is 520 g/mol. The molecule has 11 heteroatoms. The van der Waals surface area contributed by atoms with E-state index in [1.807, 2.05) is 47.1 Å². The van der Waals surface area contributed by atoms with E-state index in [1.165, 1.54) is 7.11 Å². The Morgan fingerprint density at radius 3 is 2.49 bits per heavy atom. The molecule has 2 aromatic carbocycles. The number of halogens is 1. The molecule has 0 radical (unpaired) electrons. The second kappa shape index (κ2) is 10.8. The number of nitrogens with zero attached hydrogens (tertiary/aromatic N) is 5. The van der Waals surface area contributed by atoms with Gasteiger partial charge in [0.2, 0.25) is 5.28 Å². The number of benzene rings is 2. The molecule has 0 saturated carbocycles. The topological polar surface area (TPSA) is 111 Å². The minimum Gasteiger partial charge on any atom is -0.453 e. The van der Waals surface area contributed by atoms with Crippen LogP contribution in [0.5, 0.6) is 0 Å². The average Bonchev–Trinajstić information content (AvgIpc) is 3.36. The molecule has 37 heavy (non-hydrogen) atoms. The van der Waals surface area contributed by atoms with Crippen molar-refractivity contribution in [2.75, 3.05) is 25.5 Å². The first kappa shape index (κ1) is 24.5. The molecule has 2 aromatic heterocycles. The Labute approximate surface area is 218 Å². The normalized spacial score (nSPS) is 13.9. The van der Waals surface area contributed by atoms with E-state index in [4.69, 9.17) is 16.3 Å². The zero-order valence-electron chi connectivity index (χ0n) is 20.1. The number of anilines is 1. The number of fused-ring (bicyclic) bond motifs is 1. The highest BCUT2D eigenvalue weighted by Crippen LogP contribution is 2.32. The number of amides is 2. The maximum absolute atomic E-state index is 12.5. The molecule has 0 atom stereocenters. The van der Waals surface area contributed by atoms with Gasteiger partial charge in [-0.05, 0) is 42.1 Å². The number of carbonyl (C=O) groups is 2. The van der Waals surface area contributed by atoms with E-state index in [9.17, 15) is 9.59 Å². The number of nitrogens with one attached hydrogen (secondary N) is 1. The van der Waals surface area contributed by atoms with Gasteiger partial charge in [0.25, 0.3) is 0 Å². The third-order valence-corrected chi connectivity index (χ3v) is 6.46. The lowest BCUT2D eigenvalue weighted by Gasteiger charge is -2.31. The van der Waals surface area contributed by atoms with Gasteiger partial charge in [-0.2, -0.15) is 10.1 Å². The van der Waals surface area contributed by atoms with E-state index in [0.29, 0.717) is 43.0 Å². The van der Waals surface area contributed by atoms with Crippen molar-refractivity contribution in [3.8, 4) is 11.3 Å². The second-order valence-electron chi connectivity index (χ2n) is 8.62. The molecule has 10 nitrogen and oxygen atoms in total. The summed E-state index contributed by atoms with van der Waals surface area (Å²) in [7, 11) is 1.31. The molecule has 3 heterocycles. The van der Waals surface area contributed by atoms with Gasteiger partial charge in [-0.3, -0.25) is 5.32 Å². The lowest BCUT2D eigenvalue weighted by atomic mass is 10.1. The van der Waals surface area contributed by atoms with Crippen molar-refractivity contribution in [3.05, 3.63) is 71.6 Å². The van der Waals surface area contributed by atoms with Crippen molar-refractivity contribution < 1.29 is 19.1 Å². The fourth-order valence-corrected chi connectivity index (χ4v) is 4.53. The summed E-state index contributed by atoms with van der Waals surface area (Å²) in [4.78, 5) is 34.6. The summed E-state index contributed by atoms with van der Waals surface area (Å²) in [5.74, 6) is 0. The number of likely N-dealkylation sites (tertiary alicyclic amines) is 1. The lowest BCUT2D eigenvalue weighted by Crippen LogP contribution is -2.39. The molecule has 1 saturated heterocycles. The predicted octanol–water partition coefficient (Wildman–Crippen LogP) is 5.30. The number of methoxy groups -OCH3 is 1. The zero-order chi connectivity index (χ0) is 25.8. The largest absolute Gasteiger partial charge is 0.453 e. The lowest BCUT2D eigenvalue weighted by molar-refractivity contribution is 0.0824. The first-order chi connectivity index (χ1) is 18.0. The molecule has 1 N–H and O–H groups in total. The second-order valence-corrected chi connectivity index (χ2v) is 8.96. The number of piperidine rings is 1. The molecule has 0 aliphatic carbocycles. The van der Waals surface area contributed by atoms with Crippen molar-refractivity contribution >= 4 is 40.5 Å². The van der Waals surface area contributed by atoms with Crippen molar-refractivity contribution in [1.29, 1.82) is 0 Å². The number of carbonyl (C=O) groups excluding carboxylic acids is 2. The van der Waals surface area contributed by atoms with Crippen LogP contribution in [0.4, 0.5) is 15.3 Å². The van der Waals surface area contributed by atoms with Crippen molar-refractivity contribution in [2.24, 2.45) is 0 Å². The van der Waals surface area contributed by atoms with Gasteiger partial charge in [-0.15, -0.1) is 0 Å². The first-order valence-corrected chi connectivity index (χ1v) is 12.2. The first-order valence-electron chi connectivity index (χ1n) is 11.8. The van der Waals surface area contributed by atoms with Gasteiger partial charge in [0.05, 0.1) is 30.4 Å². The number of aromatic nitrogens is 4. The Morgan fingerprint density at radius 2 is 1.78 bits per heavy atom. The summed E-state index contributed by atoms with van der Waals surface area (Å²) in [5.41, 5.74) is 3.64. The molecule has 2 amide bonds. The molecule has 1 aliphatic heterocycles. The average molecular weight is 521 g/mol. The minimum atomic E-state index is -0.544. The van der Waals surface area contributed by atoms with Gasteiger partial charge in [0.15, 0.2) is 5.65 Å². The molecule has 1 aliphatic rings. The molecule has 1 fully saturated rings. The Hall–Kier alpha value is -4.18. The van der Waals surface area contributed by atoms with Gasteiger partial charge in [-0.1, -0.05) is 42.5 Å². The van der Waals surface area contributed by atoms with Crippen LogP contribution in [0.25, 0.3) is 22.3 Å². The van der Waals surface area contributed by atoms with Crippen molar-refractivity contribution in [2.45, 2.75) is 25.5 Å². The van der Waals surface area contributed by atoms with Gasteiger partial charge < -0.3 is 14.4 Å². The molecule has 5 rings (SSSR count).